The number of aryl methyl sites for hydroxylation is 3. The van der Waals surface area contributed by atoms with Gasteiger partial charge in [0.1, 0.15) is 0 Å². The second kappa shape index (κ2) is 5.64. The molecule has 1 aliphatic rings. The van der Waals surface area contributed by atoms with Crippen LogP contribution in [0.2, 0.25) is 0 Å². The number of nitrogens with zero attached hydrogens (tertiary/aromatic N) is 5. The fourth-order valence-electron chi connectivity index (χ4n) is 4.07. The first-order valence-corrected chi connectivity index (χ1v) is 8.64. The zero-order valence-corrected chi connectivity index (χ0v) is 15.1. The van der Waals surface area contributed by atoms with Crippen LogP contribution in [-0.4, -0.2) is 35.9 Å². The van der Waals surface area contributed by atoms with Gasteiger partial charge in [-0.1, -0.05) is 11.3 Å². The zero-order chi connectivity index (χ0) is 17.8. The van der Waals surface area contributed by atoms with Gasteiger partial charge in [-0.3, -0.25) is 9.36 Å². The van der Waals surface area contributed by atoms with E-state index in [0.717, 1.165) is 27.9 Å². The van der Waals surface area contributed by atoms with Crippen LogP contribution in [-0.2, 0) is 19.7 Å². The summed E-state index contributed by atoms with van der Waals surface area (Å²) in [5.74, 6) is 0. The Morgan fingerprint density at radius 3 is 2.80 bits per heavy atom. The summed E-state index contributed by atoms with van der Waals surface area (Å²) in [7, 11) is 3.80. The lowest BCUT2D eigenvalue weighted by atomic mass is 9.78. The third-order valence-electron chi connectivity index (χ3n) is 5.22. The van der Waals surface area contributed by atoms with E-state index >= 15 is 0 Å². The van der Waals surface area contributed by atoms with Crippen LogP contribution < -0.4 is 5.32 Å². The summed E-state index contributed by atoms with van der Waals surface area (Å²) >= 11 is 0. The molecule has 1 fully saturated rings. The van der Waals surface area contributed by atoms with Crippen molar-refractivity contribution in [1.29, 1.82) is 0 Å². The second-order valence-corrected chi connectivity index (χ2v) is 7.32. The third-order valence-corrected chi connectivity index (χ3v) is 5.22. The summed E-state index contributed by atoms with van der Waals surface area (Å²) in [5, 5.41) is 28.8. The van der Waals surface area contributed by atoms with E-state index < -0.39 is 5.60 Å². The molecule has 132 valence electrons. The van der Waals surface area contributed by atoms with Crippen molar-refractivity contribution in [2.75, 3.05) is 0 Å². The van der Waals surface area contributed by atoms with Crippen molar-refractivity contribution < 1.29 is 5.11 Å². The lowest BCUT2D eigenvalue weighted by Gasteiger charge is -2.40. The van der Waals surface area contributed by atoms with Gasteiger partial charge in [0.2, 0.25) is 0 Å². The maximum atomic E-state index is 11.5. The minimum absolute atomic E-state index is 0.0202. The van der Waals surface area contributed by atoms with E-state index in [1.54, 1.807) is 4.68 Å². The van der Waals surface area contributed by atoms with Crippen LogP contribution >= 0.6 is 0 Å². The first-order chi connectivity index (χ1) is 11.9. The highest BCUT2D eigenvalue weighted by atomic mass is 16.3. The largest absolute Gasteiger partial charge is 0.385 e. The van der Waals surface area contributed by atoms with E-state index in [-0.39, 0.29) is 12.1 Å². The van der Waals surface area contributed by atoms with Gasteiger partial charge < -0.3 is 10.4 Å². The normalized spacial score (nSPS) is 27.1. The number of hydrogen-bond donors (Lipinski definition) is 2. The maximum absolute atomic E-state index is 11.5. The number of aliphatic hydroxyl groups is 1. The van der Waals surface area contributed by atoms with Crippen LogP contribution in [0.1, 0.15) is 42.8 Å². The van der Waals surface area contributed by atoms with Crippen LogP contribution in [0.5, 0.6) is 0 Å². The van der Waals surface area contributed by atoms with E-state index in [2.05, 4.69) is 33.7 Å². The number of hydrogen-bond acceptors (Lipinski definition) is 5. The van der Waals surface area contributed by atoms with Crippen molar-refractivity contribution in [2.45, 2.75) is 44.4 Å². The highest BCUT2D eigenvalue weighted by Gasteiger charge is 2.40. The third kappa shape index (κ3) is 2.73. The molecule has 1 aliphatic heterocycles. The summed E-state index contributed by atoms with van der Waals surface area (Å²) in [5.41, 5.74) is 2.97. The average molecular weight is 340 g/mol. The molecule has 7 nitrogen and oxygen atoms in total. The van der Waals surface area contributed by atoms with Crippen LogP contribution in [0, 0.1) is 6.92 Å². The summed E-state index contributed by atoms with van der Waals surface area (Å²) in [4.78, 5) is 0. The molecule has 1 aromatic carbocycles. The van der Waals surface area contributed by atoms with Crippen molar-refractivity contribution >= 4 is 10.9 Å². The second-order valence-electron chi connectivity index (χ2n) is 7.32. The Bertz CT molecular complexity index is 929. The van der Waals surface area contributed by atoms with Crippen LogP contribution in [0.15, 0.2) is 24.4 Å². The number of aromatic nitrogens is 5. The monoisotopic (exact) mass is 340 g/mol. The molecule has 25 heavy (non-hydrogen) atoms. The van der Waals surface area contributed by atoms with Crippen LogP contribution in [0.3, 0.4) is 0 Å². The average Bonchev–Trinajstić information content (AvgIpc) is 3.11. The number of nitrogens with one attached hydrogen (secondary N) is 1. The molecule has 3 aromatic rings. The molecule has 1 saturated heterocycles. The van der Waals surface area contributed by atoms with E-state index in [9.17, 15) is 5.11 Å². The molecule has 3 heterocycles. The van der Waals surface area contributed by atoms with Gasteiger partial charge in [-0.15, -0.1) is 5.10 Å². The van der Waals surface area contributed by atoms with Crippen molar-refractivity contribution in [3.05, 3.63) is 41.3 Å². The van der Waals surface area contributed by atoms with E-state index in [0.29, 0.717) is 12.8 Å². The molecule has 3 atom stereocenters. The fourth-order valence-corrected chi connectivity index (χ4v) is 4.07. The topological polar surface area (TPSA) is 80.8 Å². The highest BCUT2D eigenvalue weighted by Crippen LogP contribution is 2.40. The quantitative estimate of drug-likeness (QED) is 0.742. The first-order valence-electron chi connectivity index (χ1n) is 8.64. The van der Waals surface area contributed by atoms with E-state index in [4.69, 9.17) is 0 Å². The molecule has 0 saturated carbocycles. The van der Waals surface area contributed by atoms with Gasteiger partial charge in [0, 0.05) is 38.1 Å². The van der Waals surface area contributed by atoms with Crippen LogP contribution in [0.25, 0.3) is 10.9 Å². The molecule has 4 rings (SSSR count). The Balaban J connectivity index is 1.73. The van der Waals surface area contributed by atoms with Gasteiger partial charge in [-0.25, -0.2) is 0 Å². The lowest BCUT2D eigenvalue weighted by Crippen LogP contribution is -2.47. The molecule has 2 N–H and O–H groups in total. The number of rotatable bonds is 2. The van der Waals surface area contributed by atoms with Gasteiger partial charge in [0.05, 0.1) is 28.5 Å². The molecule has 0 amide bonds. The van der Waals surface area contributed by atoms with Crippen LogP contribution in [0.4, 0.5) is 0 Å². The minimum atomic E-state index is -0.899. The predicted molar refractivity (Wildman–Crippen MR) is 94.9 cm³/mol. The Morgan fingerprint density at radius 2 is 2.08 bits per heavy atom. The number of benzene rings is 1. The van der Waals surface area contributed by atoms with Crippen molar-refractivity contribution in [3.63, 3.8) is 0 Å². The maximum Gasteiger partial charge on any atom is 0.0997 e. The molecule has 0 radical (unpaired) electrons. The highest BCUT2D eigenvalue weighted by molar-refractivity contribution is 5.82. The molecule has 0 aliphatic carbocycles. The summed E-state index contributed by atoms with van der Waals surface area (Å²) < 4.78 is 3.58. The molecular formula is C18H24N6O. The zero-order valence-electron chi connectivity index (χ0n) is 15.1. The Hall–Kier alpha value is -2.25. The standard InChI is InChI=1S/C18H24N6O/c1-11-8-18(25,9-15(19-11)16-10-23(3)22-20-16)13-5-6-17-14(7-13)12(2)21-24(17)4/h5-7,10-11,15,19,25H,8-9H2,1-4H3/t11-,15-,18-/m0/s1. The molecule has 0 bridgehead atoms. The molecule has 0 spiro atoms. The fraction of sp³-hybridized carbons (Fsp3) is 0.500. The SMILES string of the molecule is Cc1nn(C)c2ccc([C@@]3(O)C[C@@H](c4cn(C)nn4)N[C@@H](C)C3)cc12. The van der Waals surface area contributed by atoms with Crippen molar-refractivity contribution in [2.24, 2.45) is 14.1 Å². The van der Waals surface area contributed by atoms with Gasteiger partial charge in [0.25, 0.3) is 0 Å². The van der Waals surface area contributed by atoms with Gasteiger partial charge >= 0.3 is 0 Å². The summed E-state index contributed by atoms with van der Waals surface area (Å²) in [6.07, 6.45) is 3.14. The van der Waals surface area contributed by atoms with Gasteiger partial charge in [-0.2, -0.15) is 5.10 Å². The van der Waals surface area contributed by atoms with Crippen molar-refractivity contribution in [1.82, 2.24) is 30.1 Å². The molecule has 2 aromatic heterocycles. The summed E-state index contributed by atoms with van der Waals surface area (Å²) in [6, 6.07) is 6.32. The number of piperidine rings is 1. The lowest BCUT2D eigenvalue weighted by molar-refractivity contribution is -0.0234. The Morgan fingerprint density at radius 1 is 1.28 bits per heavy atom. The van der Waals surface area contributed by atoms with Gasteiger partial charge in [0.15, 0.2) is 0 Å². The van der Waals surface area contributed by atoms with E-state index in [1.807, 2.05) is 44.0 Å². The first kappa shape index (κ1) is 16.2. The van der Waals surface area contributed by atoms with E-state index in [1.165, 1.54) is 0 Å². The smallest absolute Gasteiger partial charge is 0.0997 e. The van der Waals surface area contributed by atoms with Gasteiger partial charge in [-0.05, 0) is 38.0 Å². The molecular weight excluding hydrogens is 316 g/mol. The molecule has 7 heteroatoms. The summed E-state index contributed by atoms with van der Waals surface area (Å²) in [6.45, 7) is 4.10. The number of fused-ring (bicyclic) bond motifs is 1. The van der Waals surface area contributed by atoms with Crippen molar-refractivity contribution in [3.8, 4) is 0 Å². The minimum Gasteiger partial charge on any atom is -0.385 e. The predicted octanol–water partition coefficient (Wildman–Crippen LogP) is 1.71. The Labute approximate surface area is 146 Å². The molecule has 0 unspecified atom stereocenters. The Kier molecular flexibility index (Phi) is 3.66.